The Labute approximate surface area is 78.4 Å². The highest BCUT2D eigenvalue weighted by Gasteiger charge is 2.30. The number of aromatic nitrogens is 1. The zero-order valence-corrected chi connectivity index (χ0v) is 7.90. The van der Waals surface area contributed by atoms with E-state index in [9.17, 15) is 0 Å². The molecule has 0 saturated carbocycles. The van der Waals surface area contributed by atoms with Crippen LogP contribution < -0.4 is 0 Å². The largest absolute Gasteiger partial charge is 0.396 e. The summed E-state index contributed by atoms with van der Waals surface area (Å²) in [4.78, 5) is 5.58. The van der Waals surface area contributed by atoms with Gasteiger partial charge in [0.2, 0.25) is 0 Å². The van der Waals surface area contributed by atoms with Gasteiger partial charge in [0.05, 0.1) is 0 Å². The molecule has 1 aliphatic heterocycles. The van der Waals surface area contributed by atoms with Crippen molar-refractivity contribution in [3.8, 4) is 0 Å². The van der Waals surface area contributed by atoms with E-state index in [4.69, 9.17) is 5.11 Å². The highest BCUT2D eigenvalue weighted by molar-refractivity contribution is 5.09. The number of aromatic amines is 1. The summed E-state index contributed by atoms with van der Waals surface area (Å²) in [6.07, 6.45) is 1.95. The first-order chi connectivity index (χ1) is 6.31. The zero-order chi connectivity index (χ0) is 9.26. The molecule has 0 aromatic carbocycles. The molecule has 3 heteroatoms. The van der Waals surface area contributed by atoms with Crippen LogP contribution >= 0.6 is 0 Å². The molecule has 1 saturated heterocycles. The fourth-order valence-electron chi connectivity index (χ4n) is 1.84. The van der Waals surface area contributed by atoms with Crippen LogP contribution in [0.2, 0.25) is 0 Å². The monoisotopic (exact) mass is 180 g/mol. The SMILES string of the molecule is C[C@@H](c1ccc[nH]1)N1CC(CO)C1. The summed E-state index contributed by atoms with van der Waals surface area (Å²) in [5, 5.41) is 8.88. The van der Waals surface area contributed by atoms with Gasteiger partial charge in [0.25, 0.3) is 0 Å². The quantitative estimate of drug-likeness (QED) is 0.728. The van der Waals surface area contributed by atoms with Gasteiger partial charge in [0.1, 0.15) is 0 Å². The van der Waals surface area contributed by atoms with Crippen LogP contribution in [0.5, 0.6) is 0 Å². The minimum atomic E-state index is 0.327. The van der Waals surface area contributed by atoms with Gasteiger partial charge >= 0.3 is 0 Å². The van der Waals surface area contributed by atoms with Crippen molar-refractivity contribution in [2.75, 3.05) is 19.7 Å². The lowest BCUT2D eigenvalue weighted by atomic mass is 9.98. The second kappa shape index (κ2) is 3.52. The minimum Gasteiger partial charge on any atom is -0.396 e. The topological polar surface area (TPSA) is 39.3 Å². The lowest BCUT2D eigenvalue weighted by Crippen LogP contribution is -2.49. The first-order valence-corrected chi connectivity index (χ1v) is 4.79. The first-order valence-electron chi connectivity index (χ1n) is 4.79. The normalized spacial score (nSPS) is 21.4. The molecule has 0 radical (unpaired) electrons. The number of rotatable bonds is 3. The third-order valence-electron chi connectivity index (χ3n) is 2.86. The van der Waals surface area contributed by atoms with Crippen LogP contribution in [0, 0.1) is 5.92 Å². The fraction of sp³-hybridized carbons (Fsp3) is 0.600. The fourth-order valence-corrected chi connectivity index (χ4v) is 1.84. The summed E-state index contributed by atoms with van der Waals surface area (Å²) in [6.45, 7) is 4.57. The van der Waals surface area contributed by atoms with Crippen molar-refractivity contribution in [3.05, 3.63) is 24.0 Å². The molecular weight excluding hydrogens is 164 g/mol. The summed E-state index contributed by atoms with van der Waals surface area (Å²) in [5.41, 5.74) is 1.26. The lowest BCUT2D eigenvalue weighted by Gasteiger charge is -2.42. The van der Waals surface area contributed by atoms with Gasteiger partial charge in [0, 0.05) is 43.5 Å². The van der Waals surface area contributed by atoms with E-state index in [1.807, 2.05) is 12.3 Å². The van der Waals surface area contributed by atoms with Crippen LogP contribution in [0.3, 0.4) is 0 Å². The van der Waals surface area contributed by atoms with Crippen molar-refractivity contribution in [3.63, 3.8) is 0 Å². The minimum absolute atomic E-state index is 0.327. The molecule has 1 fully saturated rings. The Morgan fingerprint density at radius 1 is 1.69 bits per heavy atom. The Morgan fingerprint density at radius 2 is 2.46 bits per heavy atom. The molecule has 0 aliphatic carbocycles. The number of nitrogens with zero attached hydrogens (tertiary/aromatic N) is 1. The van der Waals surface area contributed by atoms with Crippen molar-refractivity contribution >= 4 is 0 Å². The van der Waals surface area contributed by atoms with E-state index >= 15 is 0 Å². The van der Waals surface area contributed by atoms with E-state index in [1.54, 1.807) is 0 Å². The molecule has 1 aromatic rings. The van der Waals surface area contributed by atoms with E-state index in [-0.39, 0.29) is 0 Å². The van der Waals surface area contributed by atoms with Gasteiger partial charge in [0.15, 0.2) is 0 Å². The maximum absolute atomic E-state index is 8.88. The summed E-state index contributed by atoms with van der Waals surface area (Å²) in [5.74, 6) is 0.498. The summed E-state index contributed by atoms with van der Waals surface area (Å²) >= 11 is 0. The van der Waals surface area contributed by atoms with Crippen LogP contribution in [0.4, 0.5) is 0 Å². The number of aliphatic hydroxyl groups is 1. The highest BCUT2D eigenvalue weighted by Crippen LogP contribution is 2.26. The molecule has 1 aliphatic rings. The van der Waals surface area contributed by atoms with Gasteiger partial charge in [-0.2, -0.15) is 0 Å². The third kappa shape index (κ3) is 1.62. The molecule has 3 nitrogen and oxygen atoms in total. The van der Waals surface area contributed by atoms with Gasteiger partial charge in [-0.3, -0.25) is 4.90 Å². The van der Waals surface area contributed by atoms with Gasteiger partial charge in [-0.15, -0.1) is 0 Å². The lowest BCUT2D eigenvalue weighted by molar-refractivity contribution is 0.0234. The molecule has 13 heavy (non-hydrogen) atoms. The zero-order valence-electron chi connectivity index (χ0n) is 7.90. The predicted molar refractivity (Wildman–Crippen MR) is 51.4 cm³/mol. The molecule has 72 valence electrons. The standard InChI is InChI=1S/C10H16N2O/c1-8(10-3-2-4-11-10)12-5-9(6-12)7-13/h2-4,8-9,11,13H,5-7H2,1H3/t8-/m0/s1. The molecular formula is C10H16N2O. The van der Waals surface area contributed by atoms with Gasteiger partial charge in [-0.25, -0.2) is 0 Å². The van der Waals surface area contributed by atoms with Crippen LogP contribution in [0.15, 0.2) is 18.3 Å². The number of nitrogens with one attached hydrogen (secondary N) is 1. The molecule has 0 unspecified atom stereocenters. The van der Waals surface area contributed by atoms with Crippen molar-refractivity contribution in [1.82, 2.24) is 9.88 Å². The van der Waals surface area contributed by atoms with Crippen molar-refractivity contribution in [2.24, 2.45) is 5.92 Å². The van der Waals surface area contributed by atoms with Crippen molar-refractivity contribution in [2.45, 2.75) is 13.0 Å². The van der Waals surface area contributed by atoms with E-state index in [0.717, 1.165) is 13.1 Å². The van der Waals surface area contributed by atoms with E-state index in [0.29, 0.717) is 18.6 Å². The van der Waals surface area contributed by atoms with Crippen LogP contribution in [-0.4, -0.2) is 34.7 Å². The number of aliphatic hydroxyl groups excluding tert-OH is 1. The van der Waals surface area contributed by atoms with Gasteiger partial charge in [-0.05, 0) is 19.1 Å². The number of H-pyrrole nitrogens is 1. The maximum atomic E-state index is 8.88. The van der Waals surface area contributed by atoms with Crippen LogP contribution in [-0.2, 0) is 0 Å². The molecule has 0 bridgehead atoms. The average Bonchev–Trinajstić information content (AvgIpc) is 2.53. The Balaban J connectivity index is 1.90. The van der Waals surface area contributed by atoms with Gasteiger partial charge in [-0.1, -0.05) is 0 Å². The predicted octanol–water partition coefficient (Wildman–Crippen LogP) is 1.000. The molecule has 1 atom stereocenters. The summed E-state index contributed by atoms with van der Waals surface area (Å²) < 4.78 is 0. The van der Waals surface area contributed by atoms with Gasteiger partial charge < -0.3 is 10.1 Å². The number of hydrogen-bond donors (Lipinski definition) is 2. The van der Waals surface area contributed by atoms with E-state index in [2.05, 4.69) is 22.9 Å². The van der Waals surface area contributed by atoms with Crippen molar-refractivity contribution in [1.29, 1.82) is 0 Å². The van der Waals surface area contributed by atoms with E-state index < -0.39 is 0 Å². The van der Waals surface area contributed by atoms with Crippen molar-refractivity contribution < 1.29 is 5.11 Å². The molecule has 2 heterocycles. The summed E-state index contributed by atoms with van der Waals surface area (Å²) in [7, 11) is 0. The Kier molecular flexibility index (Phi) is 2.38. The molecule has 2 N–H and O–H groups in total. The Morgan fingerprint density at radius 3 is 3.00 bits per heavy atom. The smallest absolute Gasteiger partial charge is 0.0483 e. The Bertz CT molecular complexity index is 252. The molecule has 0 spiro atoms. The average molecular weight is 180 g/mol. The third-order valence-corrected chi connectivity index (χ3v) is 2.86. The molecule has 2 rings (SSSR count). The van der Waals surface area contributed by atoms with E-state index in [1.165, 1.54) is 5.69 Å². The van der Waals surface area contributed by atoms with Crippen LogP contribution in [0.25, 0.3) is 0 Å². The number of likely N-dealkylation sites (tertiary alicyclic amines) is 1. The van der Waals surface area contributed by atoms with Crippen LogP contribution in [0.1, 0.15) is 18.7 Å². The second-order valence-corrected chi connectivity index (χ2v) is 3.80. The first kappa shape index (κ1) is 8.78. The second-order valence-electron chi connectivity index (χ2n) is 3.80. The molecule has 1 aromatic heterocycles. The maximum Gasteiger partial charge on any atom is 0.0483 e. The number of hydrogen-bond acceptors (Lipinski definition) is 2. The molecule has 0 amide bonds. The highest BCUT2D eigenvalue weighted by atomic mass is 16.3. The Hall–Kier alpha value is -0.800. The summed E-state index contributed by atoms with van der Waals surface area (Å²) in [6, 6.07) is 4.59.